The molecule has 2 rings (SSSR count). The molecule has 0 atom stereocenters. The molecular formula is C7H10N2O. The van der Waals surface area contributed by atoms with Crippen LogP contribution in [0.25, 0.3) is 0 Å². The molecule has 3 nitrogen and oxygen atoms in total. The van der Waals surface area contributed by atoms with E-state index in [2.05, 4.69) is 10.9 Å². The molecule has 0 aromatic heterocycles. The molecule has 0 amide bonds. The van der Waals surface area contributed by atoms with E-state index in [0.717, 1.165) is 25.1 Å². The monoisotopic (exact) mass is 138 g/mol. The van der Waals surface area contributed by atoms with Crippen LogP contribution in [0, 0.1) is 0 Å². The Labute approximate surface area is 59.4 Å². The summed E-state index contributed by atoms with van der Waals surface area (Å²) >= 11 is 0. The molecular weight excluding hydrogens is 128 g/mol. The van der Waals surface area contributed by atoms with Gasteiger partial charge in [-0.3, -0.25) is 0 Å². The molecule has 0 saturated heterocycles. The predicted molar refractivity (Wildman–Crippen MR) is 38.1 cm³/mol. The van der Waals surface area contributed by atoms with Crippen LogP contribution in [0.4, 0.5) is 0 Å². The number of hydrogen-bond donors (Lipinski definition) is 3. The summed E-state index contributed by atoms with van der Waals surface area (Å²) in [5.41, 5.74) is 8.08. The Hall–Kier alpha value is -0.960. The van der Waals surface area contributed by atoms with Crippen molar-refractivity contribution in [2.45, 2.75) is 12.8 Å². The highest BCUT2D eigenvalue weighted by molar-refractivity contribution is 5.35. The molecule has 0 radical (unpaired) electrons. The SMILES string of the molecule is OC1=CCCC2=C1NNC2. The smallest absolute Gasteiger partial charge is 0.136 e. The van der Waals surface area contributed by atoms with E-state index in [4.69, 9.17) is 0 Å². The van der Waals surface area contributed by atoms with Gasteiger partial charge in [-0.1, -0.05) is 0 Å². The number of aliphatic hydroxyl groups excluding tert-OH is 1. The van der Waals surface area contributed by atoms with Crippen molar-refractivity contribution < 1.29 is 5.11 Å². The van der Waals surface area contributed by atoms with E-state index in [0.29, 0.717) is 5.76 Å². The molecule has 0 bridgehead atoms. The van der Waals surface area contributed by atoms with E-state index >= 15 is 0 Å². The number of hydrogen-bond acceptors (Lipinski definition) is 3. The average molecular weight is 138 g/mol. The highest BCUT2D eigenvalue weighted by atomic mass is 16.3. The van der Waals surface area contributed by atoms with Gasteiger partial charge in [0.1, 0.15) is 5.76 Å². The van der Waals surface area contributed by atoms with Gasteiger partial charge in [-0.15, -0.1) is 0 Å². The highest BCUT2D eigenvalue weighted by Crippen LogP contribution is 2.22. The van der Waals surface area contributed by atoms with Gasteiger partial charge < -0.3 is 10.5 Å². The third kappa shape index (κ3) is 0.708. The lowest BCUT2D eigenvalue weighted by Gasteiger charge is -2.09. The minimum absolute atomic E-state index is 0.395. The van der Waals surface area contributed by atoms with Gasteiger partial charge in [0, 0.05) is 6.54 Å². The van der Waals surface area contributed by atoms with Crippen LogP contribution in [0.2, 0.25) is 0 Å². The Kier molecular flexibility index (Phi) is 1.17. The van der Waals surface area contributed by atoms with Crippen molar-refractivity contribution in [2.24, 2.45) is 0 Å². The fourth-order valence-corrected chi connectivity index (χ4v) is 1.36. The summed E-state index contributed by atoms with van der Waals surface area (Å²) in [6.07, 6.45) is 3.88. The molecule has 10 heavy (non-hydrogen) atoms. The Morgan fingerprint density at radius 1 is 1.50 bits per heavy atom. The Morgan fingerprint density at radius 2 is 2.40 bits per heavy atom. The van der Waals surface area contributed by atoms with E-state index < -0.39 is 0 Å². The quantitative estimate of drug-likeness (QED) is 0.459. The van der Waals surface area contributed by atoms with Gasteiger partial charge >= 0.3 is 0 Å². The molecule has 0 unspecified atom stereocenters. The van der Waals surface area contributed by atoms with Gasteiger partial charge in [0.15, 0.2) is 0 Å². The first-order valence-electron chi connectivity index (χ1n) is 3.48. The minimum atomic E-state index is 0.395. The Morgan fingerprint density at radius 3 is 3.20 bits per heavy atom. The molecule has 3 heteroatoms. The zero-order valence-corrected chi connectivity index (χ0v) is 5.65. The Bertz CT molecular complexity index is 218. The van der Waals surface area contributed by atoms with Crippen LogP contribution < -0.4 is 10.9 Å². The van der Waals surface area contributed by atoms with Gasteiger partial charge in [0.05, 0.1) is 5.70 Å². The first-order chi connectivity index (χ1) is 4.88. The average Bonchev–Trinajstić information content (AvgIpc) is 2.36. The van der Waals surface area contributed by atoms with E-state index in [-0.39, 0.29) is 0 Å². The summed E-state index contributed by atoms with van der Waals surface area (Å²) in [6.45, 7) is 0.868. The lowest BCUT2D eigenvalue weighted by molar-refractivity contribution is 0.406. The molecule has 0 aromatic carbocycles. The maximum absolute atomic E-state index is 9.28. The molecule has 0 spiro atoms. The normalized spacial score (nSPS) is 23.8. The van der Waals surface area contributed by atoms with Gasteiger partial charge in [0.2, 0.25) is 0 Å². The molecule has 54 valence electrons. The fraction of sp³-hybridized carbons (Fsp3) is 0.429. The van der Waals surface area contributed by atoms with Crippen LogP contribution in [0.1, 0.15) is 12.8 Å². The zero-order chi connectivity index (χ0) is 6.97. The first-order valence-corrected chi connectivity index (χ1v) is 3.48. The summed E-state index contributed by atoms with van der Waals surface area (Å²) in [7, 11) is 0. The van der Waals surface area contributed by atoms with Gasteiger partial charge in [-0.2, -0.15) is 0 Å². The number of hydrazine groups is 1. The number of allylic oxidation sites excluding steroid dienone is 1. The van der Waals surface area contributed by atoms with Crippen molar-refractivity contribution in [1.29, 1.82) is 0 Å². The van der Waals surface area contributed by atoms with E-state index in [9.17, 15) is 5.11 Å². The molecule has 3 N–H and O–H groups in total. The molecule has 0 aromatic rings. The highest BCUT2D eigenvalue weighted by Gasteiger charge is 2.18. The van der Waals surface area contributed by atoms with Crippen molar-refractivity contribution >= 4 is 0 Å². The van der Waals surface area contributed by atoms with Crippen molar-refractivity contribution in [1.82, 2.24) is 10.9 Å². The fourth-order valence-electron chi connectivity index (χ4n) is 1.36. The third-order valence-electron chi connectivity index (χ3n) is 1.91. The second kappa shape index (κ2) is 2.02. The summed E-state index contributed by atoms with van der Waals surface area (Å²) in [4.78, 5) is 0. The summed E-state index contributed by atoms with van der Waals surface area (Å²) < 4.78 is 0. The molecule has 0 fully saturated rings. The van der Waals surface area contributed by atoms with Gasteiger partial charge in [-0.25, -0.2) is 5.43 Å². The maximum Gasteiger partial charge on any atom is 0.136 e. The number of aliphatic hydroxyl groups is 1. The van der Waals surface area contributed by atoms with Crippen LogP contribution in [0.15, 0.2) is 23.1 Å². The van der Waals surface area contributed by atoms with Crippen molar-refractivity contribution in [3.63, 3.8) is 0 Å². The molecule has 0 saturated carbocycles. The van der Waals surface area contributed by atoms with E-state index in [1.165, 1.54) is 5.57 Å². The minimum Gasteiger partial charge on any atom is -0.506 e. The van der Waals surface area contributed by atoms with E-state index in [1.54, 1.807) is 0 Å². The van der Waals surface area contributed by atoms with Gasteiger partial charge in [0.25, 0.3) is 0 Å². The van der Waals surface area contributed by atoms with Gasteiger partial charge in [-0.05, 0) is 24.5 Å². The van der Waals surface area contributed by atoms with Crippen LogP contribution in [0.5, 0.6) is 0 Å². The number of rotatable bonds is 0. The molecule has 1 aliphatic heterocycles. The summed E-state index contributed by atoms with van der Waals surface area (Å²) in [5.74, 6) is 0.395. The van der Waals surface area contributed by atoms with Crippen molar-refractivity contribution in [3.8, 4) is 0 Å². The second-order valence-electron chi connectivity index (χ2n) is 2.59. The van der Waals surface area contributed by atoms with E-state index in [1.807, 2.05) is 6.08 Å². The summed E-state index contributed by atoms with van der Waals surface area (Å²) in [6, 6.07) is 0. The first kappa shape index (κ1) is 5.80. The van der Waals surface area contributed by atoms with Crippen molar-refractivity contribution in [2.75, 3.05) is 6.54 Å². The summed E-state index contributed by atoms with van der Waals surface area (Å²) in [5, 5.41) is 9.28. The molecule has 1 aliphatic carbocycles. The van der Waals surface area contributed by atoms with Crippen LogP contribution >= 0.6 is 0 Å². The topological polar surface area (TPSA) is 44.3 Å². The van der Waals surface area contributed by atoms with Crippen LogP contribution in [-0.4, -0.2) is 11.7 Å². The zero-order valence-electron chi connectivity index (χ0n) is 5.65. The van der Waals surface area contributed by atoms with Crippen LogP contribution in [0.3, 0.4) is 0 Å². The maximum atomic E-state index is 9.28. The Balaban J connectivity index is 2.33. The molecule has 1 heterocycles. The molecule has 2 aliphatic rings. The lowest BCUT2D eigenvalue weighted by atomic mass is 10.0. The predicted octanol–water partition coefficient (Wildman–Crippen LogP) is 0.584. The standard InChI is InChI=1S/C7H10N2O/c10-6-3-1-2-5-4-8-9-7(5)6/h3,8-10H,1-2,4H2. The number of nitrogens with one attached hydrogen (secondary N) is 2. The third-order valence-corrected chi connectivity index (χ3v) is 1.91. The lowest BCUT2D eigenvalue weighted by Crippen LogP contribution is -2.24. The largest absolute Gasteiger partial charge is 0.506 e. The second-order valence-corrected chi connectivity index (χ2v) is 2.59. The van der Waals surface area contributed by atoms with Crippen LogP contribution in [-0.2, 0) is 0 Å². The van der Waals surface area contributed by atoms with Crippen molar-refractivity contribution in [3.05, 3.63) is 23.1 Å².